The number of hydrogen-bond acceptors (Lipinski definition) is 4. The van der Waals surface area contributed by atoms with Crippen molar-refractivity contribution < 1.29 is 9.53 Å². The van der Waals surface area contributed by atoms with E-state index >= 15 is 0 Å². The molecule has 0 aliphatic rings. The predicted octanol–water partition coefficient (Wildman–Crippen LogP) is 2.45. The molecule has 0 radical (unpaired) electrons. The largest absolute Gasteiger partial charge is 0.469 e. The first-order valence-corrected chi connectivity index (χ1v) is 7.11. The monoisotopic (exact) mass is 247 g/mol. The van der Waals surface area contributed by atoms with Gasteiger partial charge in [0, 0.05) is 17.3 Å². The lowest BCUT2D eigenvalue weighted by molar-refractivity contribution is -0.141. The van der Waals surface area contributed by atoms with Crippen molar-refractivity contribution in [2.75, 3.05) is 19.9 Å². The molecule has 0 saturated carbocycles. The molecule has 0 aromatic rings. The highest BCUT2D eigenvalue weighted by Crippen LogP contribution is 2.29. The zero-order valence-electron chi connectivity index (χ0n) is 11.1. The number of nitrogens with one attached hydrogen (secondary N) is 1. The minimum Gasteiger partial charge on any atom is -0.469 e. The van der Waals surface area contributed by atoms with Crippen LogP contribution in [0.2, 0.25) is 0 Å². The van der Waals surface area contributed by atoms with Crippen LogP contribution >= 0.6 is 11.8 Å². The van der Waals surface area contributed by atoms with E-state index < -0.39 is 0 Å². The van der Waals surface area contributed by atoms with Crippen LogP contribution in [-0.4, -0.2) is 36.7 Å². The first-order chi connectivity index (χ1) is 7.53. The minimum absolute atomic E-state index is 0.150. The average Bonchev–Trinajstić information content (AvgIpc) is 2.31. The fourth-order valence-electron chi connectivity index (χ4n) is 1.63. The van der Waals surface area contributed by atoms with Gasteiger partial charge in [-0.3, -0.25) is 4.79 Å². The highest BCUT2D eigenvalue weighted by atomic mass is 32.2. The van der Waals surface area contributed by atoms with E-state index in [-0.39, 0.29) is 12.0 Å². The van der Waals surface area contributed by atoms with Gasteiger partial charge in [0.15, 0.2) is 0 Å². The Morgan fingerprint density at radius 1 is 1.44 bits per heavy atom. The maximum atomic E-state index is 11.1. The lowest BCUT2D eigenvalue weighted by Crippen LogP contribution is -2.41. The number of thioether (sulfide) groups is 1. The van der Waals surface area contributed by atoms with Gasteiger partial charge in [0.2, 0.25) is 0 Å². The summed E-state index contributed by atoms with van der Waals surface area (Å²) in [5.41, 5.74) is 0. The van der Waals surface area contributed by atoms with Crippen LogP contribution in [0.15, 0.2) is 0 Å². The second-order valence-electron chi connectivity index (χ2n) is 4.16. The molecule has 0 aromatic heterocycles. The van der Waals surface area contributed by atoms with E-state index in [1.807, 2.05) is 18.7 Å². The maximum Gasteiger partial charge on any atom is 0.307 e. The standard InChI is InChI=1S/C12H25NO2S/c1-6-12(7-2,16-5)9-13-10(3)8-11(14)15-4/h10,13H,6-9H2,1-5H3. The van der Waals surface area contributed by atoms with Crippen LogP contribution in [0.3, 0.4) is 0 Å². The molecule has 0 aliphatic carbocycles. The van der Waals surface area contributed by atoms with Crippen molar-refractivity contribution in [3.8, 4) is 0 Å². The lowest BCUT2D eigenvalue weighted by Gasteiger charge is -2.31. The van der Waals surface area contributed by atoms with Crippen LogP contribution < -0.4 is 5.32 Å². The normalized spacial score (nSPS) is 13.6. The first kappa shape index (κ1) is 15.8. The number of methoxy groups -OCH3 is 1. The smallest absolute Gasteiger partial charge is 0.307 e. The summed E-state index contributed by atoms with van der Waals surface area (Å²) in [4.78, 5) is 11.1. The second kappa shape index (κ2) is 7.96. The third-order valence-corrected chi connectivity index (χ3v) is 4.78. The molecule has 0 bridgehead atoms. The van der Waals surface area contributed by atoms with E-state index in [9.17, 15) is 4.79 Å². The molecule has 96 valence electrons. The van der Waals surface area contributed by atoms with Crippen molar-refractivity contribution in [3.63, 3.8) is 0 Å². The molecule has 1 N–H and O–H groups in total. The van der Waals surface area contributed by atoms with Crippen molar-refractivity contribution in [3.05, 3.63) is 0 Å². The zero-order chi connectivity index (χ0) is 12.6. The van der Waals surface area contributed by atoms with Crippen molar-refractivity contribution in [2.45, 2.75) is 50.8 Å². The summed E-state index contributed by atoms with van der Waals surface area (Å²) in [5.74, 6) is -0.150. The van der Waals surface area contributed by atoms with Crippen LogP contribution in [0, 0.1) is 0 Å². The molecular weight excluding hydrogens is 222 g/mol. The molecule has 0 rings (SSSR count). The Bertz CT molecular complexity index is 197. The number of esters is 1. The Morgan fingerprint density at radius 3 is 2.38 bits per heavy atom. The SMILES string of the molecule is CCC(CC)(CNC(C)CC(=O)OC)SC. The molecule has 0 saturated heterocycles. The van der Waals surface area contributed by atoms with Gasteiger partial charge < -0.3 is 10.1 Å². The van der Waals surface area contributed by atoms with E-state index in [2.05, 4.69) is 30.2 Å². The fourth-order valence-corrected chi connectivity index (χ4v) is 2.43. The summed E-state index contributed by atoms with van der Waals surface area (Å²) in [5, 5.41) is 3.42. The van der Waals surface area contributed by atoms with E-state index in [1.54, 1.807) is 0 Å². The van der Waals surface area contributed by atoms with Gasteiger partial charge in [-0.05, 0) is 26.0 Å². The quantitative estimate of drug-likeness (QED) is 0.669. The van der Waals surface area contributed by atoms with Gasteiger partial charge in [-0.2, -0.15) is 11.8 Å². The summed E-state index contributed by atoms with van der Waals surface area (Å²) < 4.78 is 4.94. The zero-order valence-corrected chi connectivity index (χ0v) is 11.9. The minimum atomic E-state index is -0.150. The van der Waals surface area contributed by atoms with Crippen LogP contribution in [0.25, 0.3) is 0 Å². The molecule has 0 aromatic carbocycles. The summed E-state index contributed by atoms with van der Waals surface area (Å²) in [6.45, 7) is 7.39. The molecule has 0 aliphatic heterocycles. The van der Waals surface area contributed by atoms with Crippen molar-refractivity contribution in [1.29, 1.82) is 0 Å². The lowest BCUT2D eigenvalue weighted by atomic mass is 10.0. The molecule has 3 nitrogen and oxygen atoms in total. The molecule has 0 fully saturated rings. The summed E-state index contributed by atoms with van der Waals surface area (Å²) in [6.07, 6.45) is 4.87. The predicted molar refractivity (Wildman–Crippen MR) is 70.9 cm³/mol. The number of hydrogen-bond donors (Lipinski definition) is 1. The van der Waals surface area contributed by atoms with Crippen molar-refractivity contribution in [1.82, 2.24) is 5.32 Å². The Hall–Kier alpha value is -0.220. The highest BCUT2D eigenvalue weighted by Gasteiger charge is 2.25. The highest BCUT2D eigenvalue weighted by molar-refractivity contribution is 8.00. The van der Waals surface area contributed by atoms with Crippen molar-refractivity contribution in [2.24, 2.45) is 0 Å². The number of rotatable bonds is 8. The molecule has 16 heavy (non-hydrogen) atoms. The molecule has 1 unspecified atom stereocenters. The van der Waals surface area contributed by atoms with Crippen molar-refractivity contribution >= 4 is 17.7 Å². The van der Waals surface area contributed by atoms with E-state index in [0.717, 1.165) is 19.4 Å². The fraction of sp³-hybridized carbons (Fsp3) is 0.917. The van der Waals surface area contributed by atoms with Crippen LogP contribution in [0.1, 0.15) is 40.0 Å². The van der Waals surface area contributed by atoms with E-state index in [1.165, 1.54) is 7.11 Å². The van der Waals surface area contributed by atoms with Gasteiger partial charge in [-0.25, -0.2) is 0 Å². The van der Waals surface area contributed by atoms with E-state index in [0.29, 0.717) is 11.2 Å². The van der Waals surface area contributed by atoms with E-state index in [4.69, 9.17) is 0 Å². The molecule has 0 spiro atoms. The summed E-state index contributed by atoms with van der Waals surface area (Å²) in [7, 11) is 1.43. The number of carbonyl (C=O) groups excluding carboxylic acids is 1. The summed E-state index contributed by atoms with van der Waals surface area (Å²) in [6, 6.07) is 0.178. The van der Waals surface area contributed by atoms with Crippen LogP contribution in [-0.2, 0) is 9.53 Å². The van der Waals surface area contributed by atoms with Gasteiger partial charge in [0.05, 0.1) is 13.5 Å². The van der Waals surface area contributed by atoms with Gasteiger partial charge in [-0.1, -0.05) is 13.8 Å². The molecule has 1 atom stereocenters. The average molecular weight is 247 g/mol. The number of ether oxygens (including phenoxy) is 1. The van der Waals surface area contributed by atoms with Crippen LogP contribution in [0.4, 0.5) is 0 Å². The Labute approximate surface area is 104 Å². The topological polar surface area (TPSA) is 38.3 Å². The molecule has 4 heteroatoms. The number of carbonyl (C=O) groups is 1. The maximum absolute atomic E-state index is 11.1. The van der Waals surface area contributed by atoms with Gasteiger partial charge >= 0.3 is 5.97 Å². The Kier molecular flexibility index (Phi) is 7.85. The molecule has 0 heterocycles. The first-order valence-electron chi connectivity index (χ1n) is 5.89. The van der Waals surface area contributed by atoms with Gasteiger partial charge in [-0.15, -0.1) is 0 Å². The Balaban J connectivity index is 4.05. The third kappa shape index (κ3) is 5.21. The van der Waals surface area contributed by atoms with Gasteiger partial charge in [0.1, 0.15) is 0 Å². The summed E-state index contributed by atoms with van der Waals surface area (Å²) >= 11 is 1.91. The third-order valence-electron chi connectivity index (χ3n) is 3.19. The molecule has 0 amide bonds. The molecular formula is C12H25NO2S. The Morgan fingerprint density at radius 2 is 2.00 bits per heavy atom. The second-order valence-corrected chi connectivity index (χ2v) is 5.43. The van der Waals surface area contributed by atoms with Gasteiger partial charge in [0.25, 0.3) is 0 Å². The van der Waals surface area contributed by atoms with Crippen LogP contribution in [0.5, 0.6) is 0 Å².